The number of H-pyrrole nitrogens is 2. The smallest absolute Gasteiger partial charge is 0.224 e. The number of hydrogen-bond donors (Lipinski definition) is 3. The molecule has 0 aliphatic heterocycles. The number of imidazole rings is 1. The van der Waals surface area contributed by atoms with Crippen molar-refractivity contribution in [3.63, 3.8) is 0 Å². The molecule has 0 spiro atoms. The van der Waals surface area contributed by atoms with Gasteiger partial charge < -0.3 is 10.3 Å². The molecule has 5 aromatic heterocycles. The fraction of sp³-hybridized carbons (Fsp3) is 0.148. The molecule has 0 unspecified atom stereocenters. The lowest BCUT2D eigenvalue weighted by Gasteiger charge is -2.07. The molecule has 0 aliphatic rings. The molecule has 0 bridgehead atoms. The van der Waals surface area contributed by atoms with Crippen molar-refractivity contribution in [1.29, 1.82) is 0 Å². The molecule has 0 saturated carbocycles. The van der Waals surface area contributed by atoms with Crippen molar-refractivity contribution >= 4 is 44.9 Å². The first-order valence-corrected chi connectivity index (χ1v) is 12.7. The van der Waals surface area contributed by atoms with E-state index < -0.39 is 0 Å². The molecule has 0 radical (unpaired) electrons. The van der Waals surface area contributed by atoms with Gasteiger partial charge in [0.2, 0.25) is 5.91 Å². The highest BCUT2D eigenvalue weighted by Crippen LogP contribution is 2.33. The maximum Gasteiger partial charge on any atom is 0.224 e. The average molecular weight is 494 g/mol. The van der Waals surface area contributed by atoms with Crippen LogP contribution in [0.3, 0.4) is 0 Å². The van der Waals surface area contributed by atoms with Gasteiger partial charge in [0, 0.05) is 35.3 Å². The van der Waals surface area contributed by atoms with E-state index in [1.807, 2.05) is 29.8 Å². The summed E-state index contributed by atoms with van der Waals surface area (Å²) < 4.78 is 0. The van der Waals surface area contributed by atoms with Gasteiger partial charge in [-0.25, -0.2) is 4.98 Å². The van der Waals surface area contributed by atoms with E-state index in [-0.39, 0.29) is 5.91 Å². The standard InChI is InChI=1S/C27H23N7OS/c1-2-3-4-24(35)30-19-9-18(11-28-12-19)16-5-6-22-20(10-16)26(34-33-22)27-31-23-14-29-13-21(25(23)32-27)17-7-8-36-15-17/h5-15H,2-4H2,1H3,(H,30,35)(H,31,32)(H,33,34). The number of thiophene rings is 1. The quantitative estimate of drug-likeness (QED) is 0.237. The predicted molar refractivity (Wildman–Crippen MR) is 144 cm³/mol. The number of rotatable bonds is 7. The molecule has 36 heavy (non-hydrogen) atoms. The van der Waals surface area contributed by atoms with Crippen LogP contribution in [0.5, 0.6) is 0 Å². The van der Waals surface area contributed by atoms with Crippen LogP contribution in [0.4, 0.5) is 5.69 Å². The van der Waals surface area contributed by atoms with Crippen LogP contribution in [-0.4, -0.2) is 36.0 Å². The highest BCUT2D eigenvalue weighted by atomic mass is 32.1. The first-order valence-electron chi connectivity index (χ1n) is 11.8. The van der Waals surface area contributed by atoms with Gasteiger partial charge in [0.05, 0.1) is 29.1 Å². The maximum atomic E-state index is 12.2. The third kappa shape index (κ3) is 4.14. The first kappa shape index (κ1) is 22.1. The number of amides is 1. The van der Waals surface area contributed by atoms with Crippen molar-refractivity contribution in [2.45, 2.75) is 26.2 Å². The van der Waals surface area contributed by atoms with Crippen LogP contribution < -0.4 is 5.32 Å². The molecule has 0 aliphatic carbocycles. The maximum absolute atomic E-state index is 12.2. The molecule has 0 atom stereocenters. The SMILES string of the molecule is CCCCC(=O)Nc1cncc(-c2ccc3[nH]nc(-c4nc5c(-c6ccsc6)cncc5[nH]4)c3c2)c1. The number of nitrogens with one attached hydrogen (secondary N) is 3. The Balaban J connectivity index is 1.37. The second-order valence-corrected chi connectivity index (χ2v) is 9.41. The van der Waals surface area contributed by atoms with Crippen LogP contribution in [0.1, 0.15) is 26.2 Å². The van der Waals surface area contributed by atoms with Gasteiger partial charge in [-0.1, -0.05) is 19.4 Å². The summed E-state index contributed by atoms with van der Waals surface area (Å²) in [6.07, 6.45) is 9.45. The second kappa shape index (κ2) is 9.35. The van der Waals surface area contributed by atoms with E-state index in [0.29, 0.717) is 17.9 Å². The van der Waals surface area contributed by atoms with Crippen molar-refractivity contribution in [3.8, 4) is 33.8 Å². The van der Waals surface area contributed by atoms with Crippen LogP contribution in [0.2, 0.25) is 0 Å². The Labute approximate surface area is 210 Å². The third-order valence-corrected chi connectivity index (χ3v) is 6.81. The molecular weight excluding hydrogens is 470 g/mol. The number of hydrogen-bond acceptors (Lipinski definition) is 6. The van der Waals surface area contributed by atoms with Gasteiger partial charge in [-0.05, 0) is 52.6 Å². The molecule has 6 aromatic rings. The Morgan fingerprint density at radius 1 is 1.00 bits per heavy atom. The van der Waals surface area contributed by atoms with E-state index in [1.165, 1.54) is 0 Å². The van der Waals surface area contributed by atoms with Crippen molar-refractivity contribution in [2.24, 2.45) is 0 Å². The Morgan fingerprint density at radius 3 is 2.78 bits per heavy atom. The zero-order valence-corrected chi connectivity index (χ0v) is 20.4. The predicted octanol–water partition coefficient (Wildman–Crippen LogP) is 6.42. The van der Waals surface area contributed by atoms with E-state index in [2.05, 4.69) is 54.9 Å². The summed E-state index contributed by atoms with van der Waals surface area (Å²) in [5.74, 6) is 0.678. The molecule has 5 heterocycles. The van der Waals surface area contributed by atoms with Crippen molar-refractivity contribution in [3.05, 3.63) is 65.9 Å². The molecule has 1 amide bonds. The number of benzene rings is 1. The van der Waals surface area contributed by atoms with Crippen molar-refractivity contribution in [1.82, 2.24) is 30.1 Å². The molecule has 0 fully saturated rings. The highest BCUT2D eigenvalue weighted by molar-refractivity contribution is 7.08. The van der Waals surface area contributed by atoms with Crippen molar-refractivity contribution in [2.75, 3.05) is 5.32 Å². The monoisotopic (exact) mass is 493 g/mol. The first-order chi connectivity index (χ1) is 17.7. The highest BCUT2D eigenvalue weighted by Gasteiger charge is 2.16. The van der Waals surface area contributed by atoms with Crippen LogP contribution in [0, 0.1) is 0 Å². The van der Waals surface area contributed by atoms with Gasteiger partial charge in [0.1, 0.15) is 11.2 Å². The molecular formula is C27H23N7OS. The van der Waals surface area contributed by atoms with E-state index in [0.717, 1.165) is 62.7 Å². The number of carbonyl (C=O) groups excluding carboxylic acids is 1. The van der Waals surface area contributed by atoms with E-state index >= 15 is 0 Å². The van der Waals surface area contributed by atoms with Gasteiger partial charge in [-0.15, -0.1) is 0 Å². The molecule has 9 heteroatoms. The normalized spacial score (nSPS) is 11.4. The molecule has 1 aromatic carbocycles. The minimum Gasteiger partial charge on any atom is -0.335 e. The zero-order chi connectivity index (χ0) is 24.5. The van der Waals surface area contributed by atoms with Crippen LogP contribution in [0.15, 0.2) is 65.9 Å². The lowest BCUT2D eigenvalue weighted by atomic mass is 10.0. The fourth-order valence-corrected chi connectivity index (χ4v) is 4.93. The summed E-state index contributed by atoms with van der Waals surface area (Å²) in [7, 11) is 0. The van der Waals surface area contributed by atoms with Gasteiger partial charge >= 0.3 is 0 Å². The molecule has 0 saturated heterocycles. The lowest BCUT2D eigenvalue weighted by molar-refractivity contribution is -0.116. The number of nitrogens with zero attached hydrogens (tertiary/aromatic N) is 4. The Kier molecular flexibility index (Phi) is 5.74. The summed E-state index contributed by atoms with van der Waals surface area (Å²) in [5, 5.41) is 15.7. The summed E-state index contributed by atoms with van der Waals surface area (Å²) in [6, 6.07) is 10.1. The fourth-order valence-electron chi connectivity index (χ4n) is 4.28. The number of fused-ring (bicyclic) bond motifs is 2. The minimum absolute atomic E-state index is 0.00423. The number of aromatic nitrogens is 6. The van der Waals surface area contributed by atoms with Gasteiger partial charge in [-0.2, -0.15) is 16.4 Å². The third-order valence-electron chi connectivity index (χ3n) is 6.13. The molecule has 3 N–H and O–H groups in total. The number of pyridine rings is 2. The van der Waals surface area contributed by atoms with E-state index in [4.69, 9.17) is 4.98 Å². The number of carbonyl (C=O) groups is 1. The van der Waals surface area contributed by atoms with Crippen molar-refractivity contribution < 1.29 is 4.79 Å². The van der Waals surface area contributed by atoms with Crippen LogP contribution in [-0.2, 0) is 4.79 Å². The Bertz CT molecular complexity index is 1680. The topological polar surface area (TPSA) is 112 Å². The second-order valence-electron chi connectivity index (χ2n) is 8.63. The van der Waals surface area contributed by atoms with E-state index in [1.54, 1.807) is 29.9 Å². The molecule has 6 rings (SSSR count). The molecule has 8 nitrogen and oxygen atoms in total. The van der Waals surface area contributed by atoms with Crippen LogP contribution >= 0.6 is 11.3 Å². The van der Waals surface area contributed by atoms with E-state index in [9.17, 15) is 4.79 Å². The average Bonchev–Trinajstić information content (AvgIpc) is 3.66. The number of anilines is 1. The summed E-state index contributed by atoms with van der Waals surface area (Å²) >= 11 is 1.64. The van der Waals surface area contributed by atoms with Gasteiger partial charge in [0.25, 0.3) is 0 Å². The Hall–Kier alpha value is -4.37. The minimum atomic E-state index is 0.00423. The number of aromatic amines is 2. The summed E-state index contributed by atoms with van der Waals surface area (Å²) in [5.41, 5.74) is 8.01. The number of unbranched alkanes of at least 4 members (excludes halogenated alkanes) is 1. The summed E-state index contributed by atoms with van der Waals surface area (Å²) in [6.45, 7) is 2.07. The Morgan fingerprint density at radius 2 is 1.92 bits per heavy atom. The molecule has 178 valence electrons. The zero-order valence-electron chi connectivity index (χ0n) is 19.6. The summed E-state index contributed by atoms with van der Waals surface area (Å²) in [4.78, 5) is 29.2. The van der Waals surface area contributed by atoms with Gasteiger partial charge in [0.15, 0.2) is 5.82 Å². The largest absolute Gasteiger partial charge is 0.335 e. The lowest BCUT2D eigenvalue weighted by Crippen LogP contribution is -2.11. The van der Waals surface area contributed by atoms with Gasteiger partial charge in [-0.3, -0.25) is 19.9 Å². The van der Waals surface area contributed by atoms with Crippen LogP contribution in [0.25, 0.3) is 55.7 Å².